The van der Waals surface area contributed by atoms with Crippen LogP contribution in [0.25, 0.3) is 0 Å². The van der Waals surface area contributed by atoms with Crippen LogP contribution in [-0.2, 0) is 4.79 Å². The van der Waals surface area contributed by atoms with Crippen LogP contribution >= 0.6 is 23.2 Å². The van der Waals surface area contributed by atoms with E-state index in [2.05, 4.69) is 5.16 Å². The van der Waals surface area contributed by atoms with E-state index >= 15 is 0 Å². The van der Waals surface area contributed by atoms with E-state index in [0.717, 1.165) is 0 Å². The van der Waals surface area contributed by atoms with Gasteiger partial charge in [-0.25, -0.2) is 5.01 Å². The molecule has 1 N–H and O–H groups in total. The van der Waals surface area contributed by atoms with Crippen molar-refractivity contribution < 1.29 is 10.0 Å². The lowest BCUT2D eigenvalue weighted by molar-refractivity contribution is -0.112. The second kappa shape index (κ2) is 5.87. The van der Waals surface area contributed by atoms with Crippen molar-refractivity contribution in [3.8, 4) is 0 Å². The first-order chi connectivity index (χ1) is 10.6. The van der Waals surface area contributed by atoms with Crippen molar-refractivity contribution >= 4 is 46.2 Å². The minimum atomic E-state index is -0.412. The standard InChI is InChI=1S/C15H11Cl2N3O2/c16-10-3-1-5-12(7-10)19-9-14(18-22)15(21)20(19)13-6-2-4-11(17)8-13/h1-8,22H,9H2/b18-14-. The molecule has 0 bridgehead atoms. The Hall–Kier alpha value is -2.24. The first kappa shape index (κ1) is 14.7. The van der Waals surface area contributed by atoms with E-state index in [1.165, 1.54) is 5.01 Å². The first-order valence-corrected chi connectivity index (χ1v) is 7.19. The maximum Gasteiger partial charge on any atom is 0.296 e. The number of hydrazine groups is 1. The molecule has 1 fully saturated rings. The molecule has 0 atom stereocenters. The lowest BCUT2D eigenvalue weighted by Crippen LogP contribution is -2.39. The van der Waals surface area contributed by atoms with E-state index in [1.807, 2.05) is 6.07 Å². The van der Waals surface area contributed by atoms with Crippen LogP contribution in [0.15, 0.2) is 53.7 Å². The van der Waals surface area contributed by atoms with Gasteiger partial charge in [-0.2, -0.15) is 0 Å². The van der Waals surface area contributed by atoms with Crippen LogP contribution < -0.4 is 10.0 Å². The summed E-state index contributed by atoms with van der Waals surface area (Å²) in [6.45, 7) is 0.141. The van der Waals surface area contributed by atoms with Crippen LogP contribution in [-0.4, -0.2) is 23.4 Å². The van der Waals surface area contributed by atoms with Crippen molar-refractivity contribution in [1.29, 1.82) is 0 Å². The number of carbonyl (C=O) groups is 1. The minimum Gasteiger partial charge on any atom is -0.410 e. The number of rotatable bonds is 2. The van der Waals surface area contributed by atoms with Gasteiger partial charge in [0.2, 0.25) is 0 Å². The van der Waals surface area contributed by atoms with E-state index in [0.29, 0.717) is 21.4 Å². The van der Waals surface area contributed by atoms with Crippen molar-refractivity contribution in [2.24, 2.45) is 5.16 Å². The van der Waals surface area contributed by atoms with E-state index < -0.39 is 5.91 Å². The number of amides is 1. The summed E-state index contributed by atoms with van der Waals surface area (Å²) in [6.07, 6.45) is 0. The van der Waals surface area contributed by atoms with Gasteiger partial charge in [0.05, 0.1) is 17.9 Å². The van der Waals surface area contributed by atoms with Crippen molar-refractivity contribution in [1.82, 2.24) is 0 Å². The van der Waals surface area contributed by atoms with E-state index in [-0.39, 0.29) is 12.3 Å². The zero-order valence-corrected chi connectivity index (χ0v) is 12.8. The van der Waals surface area contributed by atoms with Gasteiger partial charge in [0.25, 0.3) is 5.91 Å². The van der Waals surface area contributed by atoms with Crippen LogP contribution in [0.1, 0.15) is 0 Å². The van der Waals surface area contributed by atoms with Crippen LogP contribution in [0.2, 0.25) is 10.0 Å². The summed E-state index contributed by atoms with van der Waals surface area (Å²) in [5.41, 5.74) is 1.33. The normalized spacial score (nSPS) is 16.6. The highest BCUT2D eigenvalue weighted by atomic mass is 35.5. The highest BCUT2D eigenvalue weighted by molar-refractivity contribution is 6.48. The summed E-state index contributed by atoms with van der Waals surface area (Å²) in [6, 6.07) is 14.0. The zero-order chi connectivity index (χ0) is 15.7. The summed E-state index contributed by atoms with van der Waals surface area (Å²) in [7, 11) is 0. The molecule has 1 amide bonds. The Morgan fingerprint density at radius 3 is 2.18 bits per heavy atom. The Kier molecular flexibility index (Phi) is 3.92. The van der Waals surface area contributed by atoms with Crippen LogP contribution in [0.4, 0.5) is 11.4 Å². The molecule has 2 aromatic rings. The topological polar surface area (TPSA) is 56.1 Å². The fourth-order valence-corrected chi connectivity index (χ4v) is 2.66. The molecule has 1 aliphatic rings. The fraction of sp³-hybridized carbons (Fsp3) is 0.0667. The van der Waals surface area contributed by atoms with Crippen LogP contribution in [0, 0.1) is 0 Å². The average Bonchev–Trinajstić information content (AvgIpc) is 2.84. The second-order valence-electron chi connectivity index (χ2n) is 4.68. The van der Waals surface area contributed by atoms with Gasteiger partial charge in [0.1, 0.15) is 0 Å². The number of carbonyl (C=O) groups excluding carboxylic acids is 1. The fourth-order valence-electron chi connectivity index (χ4n) is 2.29. The average molecular weight is 336 g/mol. The molecule has 0 aliphatic carbocycles. The Balaban J connectivity index is 2.09. The van der Waals surface area contributed by atoms with Gasteiger partial charge in [-0.05, 0) is 36.4 Å². The van der Waals surface area contributed by atoms with Crippen molar-refractivity contribution in [3.05, 3.63) is 58.6 Å². The van der Waals surface area contributed by atoms with E-state index in [1.54, 1.807) is 47.5 Å². The highest BCUT2D eigenvalue weighted by Gasteiger charge is 2.37. The molecule has 0 saturated carbocycles. The van der Waals surface area contributed by atoms with Gasteiger partial charge in [0, 0.05) is 10.0 Å². The van der Waals surface area contributed by atoms with Gasteiger partial charge < -0.3 is 5.21 Å². The highest BCUT2D eigenvalue weighted by Crippen LogP contribution is 2.30. The van der Waals surface area contributed by atoms with Crippen molar-refractivity contribution in [2.75, 3.05) is 16.6 Å². The number of anilines is 2. The van der Waals surface area contributed by atoms with Crippen molar-refractivity contribution in [3.63, 3.8) is 0 Å². The monoisotopic (exact) mass is 335 g/mol. The third-order valence-corrected chi connectivity index (χ3v) is 3.73. The Bertz CT molecular complexity index is 764. The predicted octanol–water partition coefficient (Wildman–Crippen LogP) is 3.59. The number of nitrogens with zero attached hydrogens (tertiary/aromatic N) is 3. The summed E-state index contributed by atoms with van der Waals surface area (Å²) < 4.78 is 0. The quantitative estimate of drug-likeness (QED) is 0.674. The van der Waals surface area contributed by atoms with Crippen molar-refractivity contribution in [2.45, 2.75) is 0 Å². The molecule has 5 nitrogen and oxygen atoms in total. The summed E-state index contributed by atoms with van der Waals surface area (Å²) in [5, 5.41) is 16.3. The zero-order valence-electron chi connectivity index (χ0n) is 11.3. The number of hydrogen-bond acceptors (Lipinski definition) is 4. The molecule has 2 aromatic carbocycles. The molecule has 1 saturated heterocycles. The number of hydrogen-bond donors (Lipinski definition) is 1. The maximum atomic E-state index is 12.4. The van der Waals surface area contributed by atoms with Gasteiger partial charge in [-0.15, -0.1) is 0 Å². The lowest BCUT2D eigenvalue weighted by atomic mass is 10.3. The predicted molar refractivity (Wildman–Crippen MR) is 87.0 cm³/mol. The number of benzene rings is 2. The Morgan fingerprint density at radius 2 is 1.59 bits per heavy atom. The lowest BCUT2D eigenvalue weighted by Gasteiger charge is -2.29. The third kappa shape index (κ3) is 2.61. The van der Waals surface area contributed by atoms with Crippen LogP contribution in [0.3, 0.4) is 0 Å². The van der Waals surface area contributed by atoms with Gasteiger partial charge >= 0.3 is 0 Å². The smallest absolute Gasteiger partial charge is 0.296 e. The molecule has 1 aliphatic heterocycles. The molecule has 0 unspecified atom stereocenters. The summed E-state index contributed by atoms with van der Waals surface area (Å²) >= 11 is 12.0. The molecule has 7 heteroatoms. The first-order valence-electron chi connectivity index (χ1n) is 6.44. The molecule has 3 rings (SSSR count). The van der Waals surface area contributed by atoms with Crippen LogP contribution in [0.5, 0.6) is 0 Å². The van der Waals surface area contributed by atoms with E-state index in [9.17, 15) is 4.79 Å². The minimum absolute atomic E-state index is 0.0416. The number of halogens is 2. The molecular weight excluding hydrogens is 325 g/mol. The van der Waals surface area contributed by atoms with Gasteiger partial charge in [0.15, 0.2) is 5.71 Å². The third-order valence-electron chi connectivity index (χ3n) is 3.26. The van der Waals surface area contributed by atoms with Gasteiger partial charge in [-0.3, -0.25) is 9.80 Å². The largest absolute Gasteiger partial charge is 0.410 e. The maximum absolute atomic E-state index is 12.4. The van der Waals surface area contributed by atoms with Gasteiger partial charge in [-0.1, -0.05) is 40.5 Å². The molecule has 1 heterocycles. The second-order valence-corrected chi connectivity index (χ2v) is 5.55. The molecule has 0 spiro atoms. The SMILES string of the molecule is O=C1/C(=N\O)CN(c2cccc(Cl)c2)N1c1cccc(Cl)c1. The molecule has 0 radical (unpaired) electrons. The van der Waals surface area contributed by atoms with E-state index in [4.69, 9.17) is 28.4 Å². The summed E-state index contributed by atoms with van der Waals surface area (Å²) in [4.78, 5) is 12.4. The summed E-state index contributed by atoms with van der Waals surface area (Å²) in [5.74, 6) is -0.412. The number of oxime groups is 1. The molecular formula is C15H11Cl2N3O2. The molecule has 22 heavy (non-hydrogen) atoms. The Morgan fingerprint density at radius 1 is 1.00 bits per heavy atom. The molecule has 0 aromatic heterocycles. The Labute approximate surface area is 136 Å². The molecule has 112 valence electrons.